The van der Waals surface area contributed by atoms with Crippen LogP contribution < -0.4 is 5.32 Å². The van der Waals surface area contributed by atoms with E-state index in [4.69, 9.17) is 0 Å². The molecular formula is C11H14N4. The zero-order valence-corrected chi connectivity index (χ0v) is 8.56. The summed E-state index contributed by atoms with van der Waals surface area (Å²) in [5.74, 6) is 1.61. The second kappa shape index (κ2) is 3.61. The monoisotopic (exact) mass is 202 g/mol. The average molecular weight is 202 g/mol. The van der Waals surface area contributed by atoms with Gasteiger partial charge in [0.2, 0.25) is 0 Å². The molecule has 1 N–H and O–H groups in total. The van der Waals surface area contributed by atoms with E-state index in [1.165, 1.54) is 25.7 Å². The van der Waals surface area contributed by atoms with Gasteiger partial charge in [0.15, 0.2) is 11.7 Å². The minimum Gasteiger partial charge on any atom is -0.362 e. The maximum absolute atomic E-state index is 4.66. The van der Waals surface area contributed by atoms with Crippen LogP contribution in [0.3, 0.4) is 0 Å². The summed E-state index contributed by atoms with van der Waals surface area (Å²) in [6.45, 7) is 0. The molecule has 1 aromatic heterocycles. The highest BCUT2D eigenvalue weighted by molar-refractivity contribution is 5.97. The third-order valence-corrected chi connectivity index (χ3v) is 3.12. The normalized spacial score (nSPS) is 29.2. The highest BCUT2D eigenvalue weighted by Crippen LogP contribution is 2.25. The number of amidine groups is 1. The second-order valence-electron chi connectivity index (χ2n) is 4.15. The summed E-state index contributed by atoms with van der Waals surface area (Å²) in [6, 6.07) is 2.81. The average Bonchev–Trinajstić information content (AvgIpc) is 2.74. The van der Waals surface area contributed by atoms with Crippen molar-refractivity contribution in [3.63, 3.8) is 0 Å². The van der Waals surface area contributed by atoms with Crippen molar-refractivity contribution >= 4 is 5.84 Å². The summed E-state index contributed by atoms with van der Waals surface area (Å²) in [5, 5.41) is 3.43. The van der Waals surface area contributed by atoms with Gasteiger partial charge in [0, 0.05) is 12.4 Å². The fourth-order valence-electron chi connectivity index (χ4n) is 2.36. The lowest BCUT2D eigenvalue weighted by Gasteiger charge is -2.23. The number of nitrogens with zero attached hydrogens (tertiary/aromatic N) is 3. The van der Waals surface area contributed by atoms with Gasteiger partial charge < -0.3 is 5.32 Å². The first-order valence-electron chi connectivity index (χ1n) is 5.55. The third-order valence-electron chi connectivity index (χ3n) is 3.12. The molecule has 2 atom stereocenters. The first-order valence-corrected chi connectivity index (χ1v) is 5.55. The first kappa shape index (κ1) is 8.83. The molecule has 3 rings (SSSR count). The van der Waals surface area contributed by atoms with E-state index in [1.807, 2.05) is 6.07 Å². The minimum atomic E-state index is 0.456. The van der Waals surface area contributed by atoms with Gasteiger partial charge in [0.25, 0.3) is 0 Å². The molecule has 1 aliphatic heterocycles. The summed E-state index contributed by atoms with van der Waals surface area (Å²) in [5.41, 5.74) is 0. The summed E-state index contributed by atoms with van der Waals surface area (Å²) in [6.07, 6.45) is 8.56. The Kier molecular flexibility index (Phi) is 2.12. The van der Waals surface area contributed by atoms with E-state index in [9.17, 15) is 0 Å². The van der Waals surface area contributed by atoms with E-state index in [0.29, 0.717) is 12.1 Å². The standard InChI is InChI=1S/C11H14N4/c1-2-5-9-8(4-1)14-11(15-9)10-12-6-3-7-13-10/h3,6-9H,1-2,4-5H2,(H,14,15)/t8-,9-/m1/s1. The van der Waals surface area contributed by atoms with Crippen LogP contribution in [0.5, 0.6) is 0 Å². The van der Waals surface area contributed by atoms with Crippen LogP contribution in [0.1, 0.15) is 31.5 Å². The van der Waals surface area contributed by atoms with Crippen LogP contribution in [0.4, 0.5) is 0 Å². The lowest BCUT2D eigenvalue weighted by atomic mass is 9.92. The van der Waals surface area contributed by atoms with Gasteiger partial charge in [-0.1, -0.05) is 12.8 Å². The van der Waals surface area contributed by atoms with Crippen molar-refractivity contribution in [1.82, 2.24) is 15.3 Å². The van der Waals surface area contributed by atoms with Crippen LogP contribution >= 0.6 is 0 Å². The molecule has 1 aliphatic carbocycles. The number of hydrogen-bond acceptors (Lipinski definition) is 4. The number of fused-ring (bicyclic) bond motifs is 1. The molecule has 0 saturated heterocycles. The van der Waals surface area contributed by atoms with Gasteiger partial charge in [-0.05, 0) is 18.9 Å². The van der Waals surface area contributed by atoms with Gasteiger partial charge in [0.1, 0.15) is 0 Å². The highest BCUT2D eigenvalue weighted by Gasteiger charge is 2.31. The molecule has 4 heteroatoms. The van der Waals surface area contributed by atoms with Crippen LogP contribution in [0, 0.1) is 0 Å². The van der Waals surface area contributed by atoms with Crippen LogP contribution in [-0.4, -0.2) is 27.9 Å². The van der Waals surface area contributed by atoms with Crippen LogP contribution in [0.15, 0.2) is 23.5 Å². The molecule has 1 fully saturated rings. The molecule has 4 nitrogen and oxygen atoms in total. The summed E-state index contributed by atoms with van der Waals surface area (Å²) < 4.78 is 0. The van der Waals surface area contributed by atoms with Gasteiger partial charge in [0.05, 0.1) is 12.1 Å². The molecule has 0 spiro atoms. The largest absolute Gasteiger partial charge is 0.362 e. The lowest BCUT2D eigenvalue weighted by molar-refractivity contribution is 0.384. The molecule has 0 amide bonds. The molecule has 0 bridgehead atoms. The topological polar surface area (TPSA) is 50.2 Å². The maximum atomic E-state index is 4.66. The predicted octanol–water partition coefficient (Wildman–Crippen LogP) is 1.14. The van der Waals surface area contributed by atoms with Crippen molar-refractivity contribution in [2.24, 2.45) is 4.99 Å². The minimum absolute atomic E-state index is 0.456. The van der Waals surface area contributed by atoms with E-state index in [-0.39, 0.29) is 0 Å². The predicted molar refractivity (Wildman–Crippen MR) is 57.7 cm³/mol. The Morgan fingerprint density at radius 3 is 2.73 bits per heavy atom. The third kappa shape index (κ3) is 1.60. The molecule has 1 aromatic rings. The van der Waals surface area contributed by atoms with E-state index >= 15 is 0 Å². The molecule has 1 saturated carbocycles. The first-order chi connectivity index (χ1) is 7.43. The zero-order valence-electron chi connectivity index (χ0n) is 8.56. The van der Waals surface area contributed by atoms with E-state index < -0.39 is 0 Å². The Bertz CT molecular complexity index is 373. The van der Waals surface area contributed by atoms with E-state index in [0.717, 1.165) is 11.7 Å². The summed E-state index contributed by atoms with van der Waals surface area (Å²) >= 11 is 0. The van der Waals surface area contributed by atoms with Crippen molar-refractivity contribution < 1.29 is 0 Å². The summed E-state index contributed by atoms with van der Waals surface area (Å²) in [4.78, 5) is 13.1. The van der Waals surface area contributed by atoms with Gasteiger partial charge >= 0.3 is 0 Å². The van der Waals surface area contributed by atoms with E-state index in [1.54, 1.807) is 12.4 Å². The SMILES string of the molecule is c1cnc(C2=N[C@@H]3CCCC[C@H]3N2)nc1. The number of aliphatic imine (C=N–C) groups is 1. The van der Waals surface area contributed by atoms with Gasteiger partial charge in [-0.2, -0.15) is 0 Å². The molecule has 0 unspecified atom stereocenters. The van der Waals surface area contributed by atoms with Crippen LogP contribution in [0.25, 0.3) is 0 Å². The van der Waals surface area contributed by atoms with Crippen LogP contribution in [0.2, 0.25) is 0 Å². The Morgan fingerprint density at radius 2 is 1.93 bits per heavy atom. The Balaban J connectivity index is 1.84. The van der Waals surface area contributed by atoms with Gasteiger partial charge in [-0.15, -0.1) is 0 Å². The van der Waals surface area contributed by atoms with Crippen molar-refractivity contribution in [2.75, 3.05) is 0 Å². The fraction of sp³-hybridized carbons (Fsp3) is 0.545. The molecule has 15 heavy (non-hydrogen) atoms. The number of nitrogens with one attached hydrogen (secondary N) is 1. The van der Waals surface area contributed by atoms with Crippen molar-refractivity contribution in [1.29, 1.82) is 0 Å². The van der Waals surface area contributed by atoms with Crippen molar-refractivity contribution in [3.8, 4) is 0 Å². The van der Waals surface area contributed by atoms with Gasteiger partial charge in [-0.3, -0.25) is 4.99 Å². The van der Waals surface area contributed by atoms with Gasteiger partial charge in [-0.25, -0.2) is 9.97 Å². The quantitative estimate of drug-likeness (QED) is 0.743. The zero-order chi connectivity index (χ0) is 10.1. The highest BCUT2D eigenvalue weighted by atomic mass is 15.2. The Hall–Kier alpha value is -1.45. The molecule has 2 aliphatic rings. The van der Waals surface area contributed by atoms with E-state index in [2.05, 4.69) is 20.3 Å². The number of hydrogen-bond donors (Lipinski definition) is 1. The maximum Gasteiger partial charge on any atom is 0.194 e. The van der Waals surface area contributed by atoms with Crippen molar-refractivity contribution in [2.45, 2.75) is 37.8 Å². The molecule has 78 valence electrons. The fourth-order valence-corrected chi connectivity index (χ4v) is 2.36. The Morgan fingerprint density at radius 1 is 1.13 bits per heavy atom. The lowest BCUT2D eigenvalue weighted by Crippen LogP contribution is -2.37. The second-order valence-corrected chi connectivity index (χ2v) is 4.15. The number of aromatic nitrogens is 2. The summed E-state index contributed by atoms with van der Waals surface area (Å²) in [7, 11) is 0. The van der Waals surface area contributed by atoms with Crippen LogP contribution in [-0.2, 0) is 0 Å². The smallest absolute Gasteiger partial charge is 0.194 e. The molecular weight excluding hydrogens is 188 g/mol. The molecule has 2 heterocycles. The molecule has 0 radical (unpaired) electrons. The number of rotatable bonds is 1. The van der Waals surface area contributed by atoms with Crippen molar-refractivity contribution in [3.05, 3.63) is 24.3 Å². The Labute approximate surface area is 88.9 Å². The molecule has 0 aromatic carbocycles.